The molecule has 0 spiro atoms. The first-order chi connectivity index (χ1) is 12.9. The lowest BCUT2D eigenvalue weighted by Gasteiger charge is -2.41. The van der Waals surface area contributed by atoms with Gasteiger partial charge in [0.05, 0.1) is 12.4 Å². The van der Waals surface area contributed by atoms with E-state index in [0.29, 0.717) is 6.04 Å². The molecule has 0 saturated heterocycles. The average Bonchev–Trinajstić information content (AvgIpc) is 2.66. The maximum Gasteiger partial charge on any atom is 0.122 e. The highest BCUT2D eigenvalue weighted by atomic mass is 16.5. The van der Waals surface area contributed by atoms with Gasteiger partial charge in [0.15, 0.2) is 0 Å². The molecule has 0 fully saturated rings. The highest BCUT2D eigenvalue weighted by molar-refractivity contribution is 5.26. The molecule has 27 heavy (non-hydrogen) atoms. The average molecular weight is 380 g/mol. The molecule has 1 N–H and O–H groups in total. The van der Waals surface area contributed by atoms with E-state index < -0.39 is 0 Å². The molecule has 0 aromatic heterocycles. The van der Waals surface area contributed by atoms with E-state index in [0.717, 1.165) is 44.6 Å². The van der Waals surface area contributed by atoms with Crippen LogP contribution in [0.3, 0.4) is 0 Å². The summed E-state index contributed by atoms with van der Waals surface area (Å²) in [4.78, 5) is 6.72. The fourth-order valence-corrected chi connectivity index (χ4v) is 3.38. The summed E-state index contributed by atoms with van der Waals surface area (Å²) in [6.45, 7) is 16.4. The zero-order chi connectivity index (χ0) is 20.7. The van der Waals surface area contributed by atoms with Gasteiger partial charge in [-0.1, -0.05) is 51.7 Å². The molecule has 0 aliphatic carbocycles. The number of hydrogen-bond donors (Lipinski definition) is 1. The molecule has 4 heteroatoms. The largest absolute Gasteiger partial charge is 0.498 e. The normalized spacial score (nSPS) is 16.3. The maximum absolute atomic E-state index is 6.04. The molecule has 0 aromatic carbocycles. The first kappa shape index (κ1) is 25.9. The van der Waals surface area contributed by atoms with Crippen molar-refractivity contribution in [2.75, 3.05) is 27.2 Å². The quantitative estimate of drug-likeness (QED) is 0.165. The number of nitrogens with zero attached hydrogens (tertiary/aromatic N) is 2. The zero-order valence-electron chi connectivity index (χ0n) is 19.1. The number of hydrogen-bond acceptors (Lipinski definition) is 4. The number of rotatable bonds is 16. The van der Waals surface area contributed by atoms with Crippen LogP contribution in [0.25, 0.3) is 0 Å². The van der Waals surface area contributed by atoms with E-state index in [1.165, 1.54) is 24.8 Å². The van der Waals surface area contributed by atoms with Crippen LogP contribution in [0.2, 0.25) is 0 Å². The summed E-state index contributed by atoms with van der Waals surface area (Å²) in [5.74, 6) is 1.10. The van der Waals surface area contributed by atoms with Gasteiger partial charge in [0.1, 0.15) is 5.66 Å². The van der Waals surface area contributed by atoms with Gasteiger partial charge < -0.3 is 10.1 Å². The zero-order valence-corrected chi connectivity index (χ0v) is 19.1. The third kappa shape index (κ3) is 9.57. The molecule has 4 nitrogen and oxygen atoms in total. The van der Waals surface area contributed by atoms with E-state index in [-0.39, 0.29) is 5.66 Å². The van der Waals surface area contributed by atoms with Crippen LogP contribution in [0, 0.1) is 0 Å². The van der Waals surface area contributed by atoms with Gasteiger partial charge in [-0.25, -0.2) is 0 Å². The second-order valence-corrected chi connectivity index (χ2v) is 7.64. The number of likely N-dealkylation sites (N-methyl/N-ethyl adjacent to an activating group) is 2. The van der Waals surface area contributed by atoms with Gasteiger partial charge in [0.2, 0.25) is 0 Å². The summed E-state index contributed by atoms with van der Waals surface area (Å²) in [7, 11) is 4.09. The van der Waals surface area contributed by atoms with Crippen molar-refractivity contribution in [3.8, 4) is 0 Å². The third-order valence-electron chi connectivity index (χ3n) is 5.31. The van der Waals surface area contributed by atoms with E-state index in [4.69, 9.17) is 4.74 Å². The van der Waals surface area contributed by atoms with Crippen molar-refractivity contribution in [1.29, 1.82) is 0 Å². The van der Waals surface area contributed by atoms with Gasteiger partial charge in [-0.05, 0) is 60.0 Å². The molecule has 158 valence electrons. The summed E-state index contributed by atoms with van der Waals surface area (Å²) in [5, 5.41) is 3.24. The molecule has 0 rings (SSSR count). The lowest BCUT2D eigenvalue weighted by atomic mass is 10.00. The van der Waals surface area contributed by atoms with Gasteiger partial charge >= 0.3 is 0 Å². The predicted molar refractivity (Wildman–Crippen MR) is 121 cm³/mol. The predicted octanol–water partition coefficient (Wildman–Crippen LogP) is 5.56. The first-order valence-corrected chi connectivity index (χ1v) is 10.8. The van der Waals surface area contributed by atoms with E-state index in [1.807, 2.05) is 7.05 Å². The number of nitrogens with one attached hydrogen (secondary N) is 1. The Kier molecular flexibility index (Phi) is 14.2. The SMILES string of the molecule is C=NC(C)(CNC)N(C)C(CC)/C(C)=C/C=C(\CCC)OCCCCCC. The van der Waals surface area contributed by atoms with Crippen molar-refractivity contribution in [1.82, 2.24) is 10.2 Å². The molecule has 0 heterocycles. The lowest BCUT2D eigenvalue weighted by molar-refractivity contribution is 0.108. The van der Waals surface area contributed by atoms with Crippen LogP contribution in [-0.2, 0) is 4.74 Å². The number of unbranched alkanes of at least 4 members (excludes halogenated alkanes) is 3. The molecular formula is C23H45N3O. The van der Waals surface area contributed by atoms with Crippen molar-refractivity contribution >= 4 is 6.72 Å². The number of ether oxygens (including phenoxy) is 1. The molecule has 0 aliphatic heterocycles. The van der Waals surface area contributed by atoms with Crippen LogP contribution < -0.4 is 5.32 Å². The van der Waals surface area contributed by atoms with Crippen molar-refractivity contribution in [3.63, 3.8) is 0 Å². The minimum absolute atomic E-state index is 0.317. The Morgan fingerprint density at radius 3 is 2.41 bits per heavy atom. The summed E-state index contributed by atoms with van der Waals surface area (Å²) >= 11 is 0. The summed E-state index contributed by atoms with van der Waals surface area (Å²) in [6.07, 6.45) is 12.5. The summed E-state index contributed by atoms with van der Waals surface area (Å²) in [5.41, 5.74) is 1.00. The van der Waals surface area contributed by atoms with Gasteiger partial charge in [0.25, 0.3) is 0 Å². The molecular weight excluding hydrogens is 334 g/mol. The first-order valence-electron chi connectivity index (χ1n) is 10.8. The van der Waals surface area contributed by atoms with E-state index >= 15 is 0 Å². The van der Waals surface area contributed by atoms with Crippen molar-refractivity contribution < 1.29 is 4.74 Å². The Bertz CT molecular complexity index is 459. The van der Waals surface area contributed by atoms with E-state index in [2.05, 4.69) is 75.7 Å². The summed E-state index contributed by atoms with van der Waals surface area (Å²) < 4.78 is 6.04. The van der Waals surface area contributed by atoms with E-state index in [9.17, 15) is 0 Å². The Morgan fingerprint density at radius 2 is 1.89 bits per heavy atom. The highest BCUT2D eigenvalue weighted by Crippen LogP contribution is 2.23. The minimum atomic E-state index is -0.323. The Morgan fingerprint density at radius 1 is 1.19 bits per heavy atom. The van der Waals surface area contributed by atoms with Crippen LogP contribution >= 0.6 is 0 Å². The molecule has 2 unspecified atom stereocenters. The van der Waals surface area contributed by atoms with Gasteiger partial charge in [-0.15, -0.1) is 0 Å². The molecule has 0 aliphatic rings. The Hall–Kier alpha value is -1.13. The van der Waals surface area contributed by atoms with Crippen LogP contribution in [0.1, 0.15) is 79.6 Å². The van der Waals surface area contributed by atoms with Gasteiger partial charge in [-0.2, -0.15) is 0 Å². The highest BCUT2D eigenvalue weighted by Gasteiger charge is 2.31. The molecule has 0 aromatic rings. The monoisotopic (exact) mass is 379 g/mol. The number of allylic oxidation sites excluding steroid dienone is 3. The summed E-state index contributed by atoms with van der Waals surface area (Å²) in [6, 6.07) is 0.317. The molecule has 0 radical (unpaired) electrons. The smallest absolute Gasteiger partial charge is 0.122 e. The van der Waals surface area contributed by atoms with Crippen LogP contribution in [-0.4, -0.2) is 50.6 Å². The lowest BCUT2D eigenvalue weighted by Crippen LogP contribution is -2.53. The Balaban J connectivity index is 5.11. The van der Waals surface area contributed by atoms with Crippen LogP contribution in [0.4, 0.5) is 0 Å². The molecule has 0 saturated carbocycles. The molecule has 0 amide bonds. The fraction of sp³-hybridized carbons (Fsp3) is 0.783. The van der Waals surface area contributed by atoms with Crippen molar-refractivity contribution in [2.45, 2.75) is 91.3 Å². The van der Waals surface area contributed by atoms with Crippen molar-refractivity contribution in [3.05, 3.63) is 23.5 Å². The third-order valence-corrected chi connectivity index (χ3v) is 5.31. The van der Waals surface area contributed by atoms with Gasteiger partial charge in [-0.3, -0.25) is 9.89 Å². The van der Waals surface area contributed by atoms with Crippen molar-refractivity contribution in [2.24, 2.45) is 4.99 Å². The minimum Gasteiger partial charge on any atom is -0.498 e. The standard InChI is InChI=1S/C23H45N3O/c1-9-12-13-14-18-27-21(15-10-2)17-16-20(4)22(11-3)26(8)23(5,25-7)19-24-6/h16-17,22,24H,7,9-15,18-19H2,1-6,8H3/b20-16+,21-17+. The van der Waals surface area contributed by atoms with Gasteiger partial charge in [0, 0.05) is 19.0 Å². The second kappa shape index (κ2) is 14.9. The van der Waals surface area contributed by atoms with Crippen LogP contribution in [0.15, 0.2) is 28.5 Å². The maximum atomic E-state index is 6.04. The topological polar surface area (TPSA) is 36.9 Å². The second-order valence-electron chi connectivity index (χ2n) is 7.64. The van der Waals surface area contributed by atoms with Crippen LogP contribution in [0.5, 0.6) is 0 Å². The molecule has 0 bridgehead atoms. The van der Waals surface area contributed by atoms with E-state index in [1.54, 1.807) is 0 Å². The Labute approximate surface area is 169 Å². The number of aliphatic imine (C=N–C) groups is 1. The fourth-order valence-electron chi connectivity index (χ4n) is 3.38. The molecule has 2 atom stereocenters.